The van der Waals surface area contributed by atoms with E-state index in [4.69, 9.17) is 0 Å². The van der Waals surface area contributed by atoms with Gasteiger partial charge in [-0.1, -0.05) is 26.7 Å². The van der Waals surface area contributed by atoms with Crippen molar-refractivity contribution in [3.8, 4) is 0 Å². The highest BCUT2D eigenvalue weighted by molar-refractivity contribution is 5.82. The van der Waals surface area contributed by atoms with E-state index in [0.717, 1.165) is 31.7 Å². The van der Waals surface area contributed by atoms with Crippen LogP contribution in [0, 0.1) is 5.92 Å². The van der Waals surface area contributed by atoms with E-state index in [1.165, 1.54) is 12.8 Å². The Morgan fingerprint density at radius 3 is 2.88 bits per heavy atom. The molecule has 16 heavy (non-hydrogen) atoms. The number of carbonyl (C=O) groups is 1. The van der Waals surface area contributed by atoms with E-state index >= 15 is 0 Å². The highest BCUT2D eigenvalue weighted by Gasteiger charge is 2.26. The van der Waals surface area contributed by atoms with Crippen molar-refractivity contribution in [3.05, 3.63) is 0 Å². The van der Waals surface area contributed by atoms with Gasteiger partial charge in [0, 0.05) is 6.04 Å². The molecule has 0 saturated carbocycles. The fraction of sp³-hybridized carbons (Fsp3) is 0.923. The van der Waals surface area contributed by atoms with E-state index in [0.29, 0.717) is 6.04 Å². The lowest BCUT2D eigenvalue weighted by molar-refractivity contribution is -0.124. The number of hydrogen-bond acceptors (Lipinski definition) is 2. The number of rotatable bonds is 5. The van der Waals surface area contributed by atoms with Gasteiger partial charge in [0.2, 0.25) is 5.91 Å². The molecule has 0 aliphatic carbocycles. The molecule has 1 aliphatic heterocycles. The molecule has 0 aromatic heterocycles. The Bertz CT molecular complexity index is 218. The van der Waals surface area contributed by atoms with Crippen LogP contribution in [0.2, 0.25) is 0 Å². The Kier molecular flexibility index (Phi) is 5.81. The average molecular weight is 226 g/mol. The maximum atomic E-state index is 12.0. The maximum absolute atomic E-state index is 12.0. The summed E-state index contributed by atoms with van der Waals surface area (Å²) in [6.07, 6.45) is 5.59. The lowest BCUT2D eigenvalue weighted by atomic mass is 9.90. The summed E-state index contributed by atoms with van der Waals surface area (Å²) in [5.74, 6) is 0.914. The van der Waals surface area contributed by atoms with Gasteiger partial charge in [0.25, 0.3) is 0 Å². The molecule has 1 rings (SSSR count). The molecule has 3 heteroatoms. The number of piperidine rings is 1. The third-order valence-electron chi connectivity index (χ3n) is 3.52. The Balaban J connectivity index is 2.35. The Labute approximate surface area is 99.4 Å². The maximum Gasteiger partial charge on any atom is 0.237 e. The molecule has 0 aromatic rings. The van der Waals surface area contributed by atoms with Crippen molar-refractivity contribution in [2.75, 3.05) is 6.54 Å². The summed E-state index contributed by atoms with van der Waals surface area (Å²) in [7, 11) is 0. The minimum absolute atomic E-state index is 0.0398. The Hall–Kier alpha value is -0.570. The number of carbonyl (C=O) groups excluding carboxylic acids is 1. The SMILES string of the molecule is CCCC(C)NC(=O)C1CC(CC)CCN1. The van der Waals surface area contributed by atoms with Gasteiger partial charge in [-0.15, -0.1) is 0 Å². The summed E-state index contributed by atoms with van der Waals surface area (Å²) in [6.45, 7) is 7.43. The molecule has 3 unspecified atom stereocenters. The minimum atomic E-state index is 0.0398. The predicted molar refractivity (Wildman–Crippen MR) is 67.3 cm³/mol. The van der Waals surface area contributed by atoms with E-state index in [1.807, 2.05) is 0 Å². The van der Waals surface area contributed by atoms with E-state index < -0.39 is 0 Å². The van der Waals surface area contributed by atoms with Crippen LogP contribution in [0.15, 0.2) is 0 Å². The first kappa shape index (κ1) is 13.5. The van der Waals surface area contributed by atoms with E-state index in [-0.39, 0.29) is 11.9 Å². The topological polar surface area (TPSA) is 41.1 Å². The summed E-state index contributed by atoms with van der Waals surface area (Å²) >= 11 is 0. The largest absolute Gasteiger partial charge is 0.352 e. The molecule has 0 spiro atoms. The lowest BCUT2D eigenvalue weighted by Crippen LogP contribution is -2.50. The zero-order chi connectivity index (χ0) is 12.0. The van der Waals surface area contributed by atoms with Crippen LogP contribution < -0.4 is 10.6 Å². The molecule has 1 heterocycles. The first-order valence-corrected chi connectivity index (χ1v) is 6.71. The van der Waals surface area contributed by atoms with Crippen molar-refractivity contribution in [2.24, 2.45) is 5.92 Å². The summed E-state index contributed by atoms with van der Waals surface area (Å²) in [6, 6.07) is 0.347. The molecular weight excluding hydrogens is 200 g/mol. The highest BCUT2D eigenvalue weighted by atomic mass is 16.2. The molecule has 3 nitrogen and oxygen atoms in total. The predicted octanol–water partition coefficient (Wildman–Crippen LogP) is 2.07. The third kappa shape index (κ3) is 4.12. The summed E-state index contributed by atoms with van der Waals surface area (Å²) in [4.78, 5) is 12.0. The molecule has 0 aromatic carbocycles. The Morgan fingerprint density at radius 2 is 2.25 bits per heavy atom. The van der Waals surface area contributed by atoms with Crippen molar-refractivity contribution in [2.45, 2.75) is 65.0 Å². The second-order valence-corrected chi connectivity index (χ2v) is 5.00. The summed E-state index contributed by atoms with van der Waals surface area (Å²) in [5, 5.41) is 6.41. The second kappa shape index (κ2) is 6.89. The van der Waals surface area contributed by atoms with Crippen LogP contribution in [0.5, 0.6) is 0 Å². The monoisotopic (exact) mass is 226 g/mol. The van der Waals surface area contributed by atoms with Gasteiger partial charge in [-0.05, 0) is 38.6 Å². The average Bonchev–Trinajstić information content (AvgIpc) is 2.29. The molecule has 0 radical (unpaired) electrons. The van der Waals surface area contributed by atoms with Gasteiger partial charge in [-0.3, -0.25) is 4.79 Å². The third-order valence-corrected chi connectivity index (χ3v) is 3.52. The number of hydrogen-bond donors (Lipinski definition) is 2. The van der Waals surface area contributed by atoms with Gasteiger partial charge in [-0.25, -0.2) is 0 Å². The van der Waals surface area contributed by atoms with Crippen molar-refractivity contribution in [3.63, 3.8) is 0 Å². The van der Waals surface area contributed by atoms with Crippen molar-refractivity contribution in [1.29, 1.82) is 0 Å². The van der Waals surface area contributed by atoms with Gasteiger partial charge in [0.1, 0.15) is 0 Å². The van der Waals surface area contributed by atoms with Crippen LogP contribution in [0.25, 0.3) is 0 Å². The smallest absolute Gasteiger partial charge is 0.237 e. The lowest BCUT2D eigenvalue weighted by Gasteiger charge is -2.29. The van der Waals surface area contributed by atoms with Crippen LogP contribution in [0.1, 0.15) is 52.9 Å². The molecular formula is C13H26N2O. The standard InChI is InChI=1S/C13H26N2O/c1-4-6-10(3)15-13(16)12-9-11(5-2)7-8-14-12/h10-12,14H,4-9H2,1-3H3,(H,15,16). The molecule has 1 fully saturated rings. The minimum Gasteiger partial charge on any atom is -0.352 e. The van der Waals surface area contributed by atoms with Gasteiger partial charge < -0.3 is 10.6 Å². The van der Waals surface area contributed by atoms with Gasteiger partial charge in [0.15, 0.2) is 0 Å². The fourth-order valence-electron chi connectivity index (χ4n) is 2.42. The molecule has 1 amide bonds. The van der Waals surface area contributed by atoms with Crippen molar-refractivity contribution in [1.82, 2.24) is 10.6 Å². The molecule has 2 N–H and O–H groups in total. The first-order valence-electron chi connectivity index (χ1n) is 6.71. The van der Waals surface area contributed by atoms with Gasteiger partial charge in [-0.2, -0.15) is 0 Å². The molecule has 0 bridgehead atoms. The first-order chi connectivity index (χ1) is 7.67. The van der Waals surface area contributed by atoms with E-state index in [2.05, 4.69) is 31.4 Å². The zero-order valence-electron chi connectivity index (χ0n) is 10.9. The number of amides is 1. The Morgan fingerprint density at radius 1 is 1.50 bits per heavy atom. The van der Waals surface area contributed by atoms with Crippen LogP contribution >= 0.6 is 0 Å². The number of nitrogens with one attached hydrogen (secondary N) is 2. The van der Waals surface area contributed by atoms with E-state index in [1.54, 1.807) is 0 Å². The molecule has 3 atom stereocenters. The molecule has 1 aliphatic rings. The van der Waals surface area contributed by atoms with Crippen molar-refractivity contribution >= 4 is 5.91 Å². The summed E-state index contributed by atoms with van der Waals surface area (Å²) < 4.78 is 0. The summed E-state index contributed by atoms with van der Waals surface area (Å²) in [5.41, 5.74) is 0. The molecule has 94 valence electrons. The second-order valence-electron chi connectivity index (χ2n) is 5.00. The van der Waals surface area contributed by atoms with E-state index in [9.17, 15) is 4.79 Å². The van der Waals surface area contributed by atoms with Crippen LogP contribution in [-0.2, 0) is 4.79 Å². The highest BCUT2D eigenvalue weighted by Crippen LogP contribution is 2.19. The zero-order valence-corrected chi connectivity index (χ0v) is 10.9. The molecule has 1 saturated heterocycles. The van der Waals surface area contributed by atoms with Crippen LogP contribution in [-0.4, -0.2) is 24.5 Å². The fourth-order valence-corrected chi connectivity index (χ4v) is 2.42. The van der Waals surface area contributed by atoms with Gasteiger partial charge in [0.05, 0.1) is 6.04 Å². The normalized spacial score (nSPS) is 27.4. The van der Waals surface area contributed by atoms with Crippen LogP contribution in [0.3, 0.4) is 0 Å². The van der Waals surface area contributed by atoms with Crippen LogP contribution in [0.4, 0.5) is 0 Å². The quantitative estimate of drug-likeness (QED) is 0.753. The van der Waals surface area contributed by atoms with Gasteiger partial charge >= 0.3 is 0 Å². The van der Waals surface area contributed by atoms with Crippen molar-refractivity contribution < 1.29 is 4.79 Å².